The maximum Gasteiger partial charge on any atom is 0.121 e. The zero-order valence-electron chi connectivity index (χ0n) is 7.52. The zero-order valence-corrected chi connectivity index (χ0v) is 9.68. The fourth-order valence-electron chi connectivity index (χ4n) is 0.835. The van der Waals surface area contributed by atoms with Crippen LogP contribution in [0.5, 0.6) is 5.75 Å². The maximum absolute atomic E-state index is 5.65. The lowest BCUT2D eigenvalue weighted by atomic mass is 10.2. The van der Waals surface area contributed by atoms with Gasteiger partial charge in [0.1, 0.15) is 11.4 Å². The normalized spacial score (nSPS) is 11.3. The average molecular weight is 275 g/mol. The molecule has 65 valence electrons. The molecule has 0 bridgehead atoms. The van der Waals surface area contributed by atoms with Gasteiger partial charge in [0.15, 0.2) is 0 Å². The minimum atomic E-state index is -0.127. The van der Waals surface area contributed by atoms with E-state index in [0.29, 0.717) is 0 Å². The van der Waals surface area contributed by atoms with Crippen molar-refractivity contribution in [3.63, 3.8) is 0 Å². The van der Waals surface area contributed by atoms with Crippen LogP contribution in [0, 0.1) is 9.64 Å². The van der Waals surface area contributed by atoms with Crippen LogP contribution in [0.3, 0.4) is 0 Å². The summed E-state index contributed by atoms with van der Waals surface area (Å²) in [7, 11) is 0. The fraction of sp³-hybridized carbons (Fsp3) is 0.400. The third kappa shape index (κ3) is 3.43. The first-order chi connectivity index (χ1) is 5.47. The standard InChI is InChI=1S/C10H12IO/c1-10(2,3)12-9-6-4-5-8(11)7-9/h5-7H,1-3H3. The van der Waals surface area contributed by atoms with Gasteiger partial charge in [0.2, 0.25) is 0 Å². The highest BCUT2D eigenvalue weighted by Crippen LogP contribution is 2.19. The number of ether oxygens (including phenoxy) is 1. The van der Waals surface area contributed by atoms with E-state index in [9.17, 15) is 0 Å². The molecule has 0 heterocycles. The van der Waals surface area contributed by atoms with Gasteiger partial charge in [-0.15, -0.1) is 0 Å². The fourth-order valence-corrected chi connectivity index (χ4v) is 1.32. The number of hydrogen-bond donors (Lipinski definition) is 0. The molecule has 0 aromatic heterocycles. The van der Waals surface area contributed by atoms with Crippen molar-refractivity contribution in [2.45, 2.75) is 26.4 Å². The van der Waals surface area contributed by atoms with Gasteiger partial charge in [0.05, 0.1) is 0 Å². The molecule has 0 amide bonds. The summed E-state index contributed by atoms with van der Waals surface area (Å²) >= 11 is 2.25. The Morgan fingerprint density at radius 2 is 2.00 bits per heavy atom. The highest BCUT2D eigenvalue weighted by Gasteiger charge is 2.11. The van der Waals surface area contributed by atoms with Crippen molar-refractivity contribution in [1.29, 1.82) is 0 Å². The summed E-state index contributed by atoms with van der Waals surface area (Å²) in [6.07, 6.45) is 0. The Morgan fingerprint density at radius 3 is 2.50 bits per heavy atom. The summed E-state index contributed by atoms with van der Waals surface area (Å²) in [4.78, 5) is 0. The molecule has 0 saturated carbocycles. The Hall–Kier alpha value is -0.250. The van der Waals surface area contributed by atoms with Crippen LogP contribution in [0.15, 0.2) is 18.2 Å². The van der Waals surface area contributed by atoms with E-state index in [1.807, 2.05) is 39.0 Å². The van der Waals surface area contributed by atoms with Gasteiger partial charge in [0.25, 0.3) is 0 Å². The first-order valence-corrected chi connectivity index (χ1v) is 4.91. The molecule has 0 spiro atoms. The Labute approximate surface area is 87.3 Å². The van der Waals surface area contributed by atoms with Crippen LogP contribution in [-0.2, 0) is 0 Å². The third-order valence-corrected chi connectivity index (χ3v) is 1.77. The molecule has 1 radical (unpaired) electrons. The summed E-state index contributed by atoms with van der Waals surface area (Å²) in [6, 6.07) is 8.80. The van der Waals surface area contributed by atoms with Gasteiger partial charge >= 0.3 is 0 Å². The van der Waals surface area contributed by atoms with Gasteiger partial charge in [-0.05, 0) is 67.6 Å². The van der Waals surface area contributed by atoms with Crippen molar-refractivity contribution < 1.29 is 4.74 Å². The van der Waals surface area contributed by atoms with Crippen LogP contribution >= 0.6 is 22.6 Å². The molecule has 0 aliphatic heterocycles. The van der Waals surface area contributed by atoms with Gasteiger partial charge in [-0.3, -0.25) is 0 Å². The van der Waals surface area contributed by atoms with E-state index in [0.717, 1.165) is 9.32 Å². The van der Waals surface area contributed by atoms with E-state index < -0.39 is 0 Å². The van der Waals surface area contributed by atoms with Gasteiger partial charge in [-0.2, -0.15) is 0 Å². The van der Waals surface area contributed by atoms with E-state index in [2.05, 4.69) is 28.7 Å². The Bertz CT molecular complexity index is 263. The molecule has 0 N–H and O–H groups in total. The topological polar surface area (TPSA) is 9.23 Å². The molecule has 1 aromatic carbocycles. The lowest BCUT2D eigenvalue weighted by Gasteiger charge is -2.21. The van der Waals surface area contributed by atoms with Crippen LogP contribution in [0.1, 0.15) is 20.8 Å². The molecule has 1 nitrogen and oxygen atoms in total. The molecule has 12 heavy (non-hydrogen) atoms. The second kappa shape index (κ2) is 3.64. The second-order valence-electron chi connectivity index (χ2n) is 3.60. The first kappa shape index (κ1) is 9.84. The first-order valence-electron chi connectivity index (χ1n) is 3.83. The molecular weight excluding hydrogens is 263 g/mol. The smallest absolute Gasteiger partial charge is 0.121 e. The van der Waals surface area contributed by atoms with Crippen molar-refractivity contribution in [1.82, 2.24) is 0 Å². The van der Waals surface area contributed by atoms with Gasteiger partial charge < -0.3 is 4.74 Å². The minimum absolute atomic E-state index is 0.127. The minimum Gasteiger partial charge on any atom is -0.488 e. The lowest BCUT2D eigenvalue weighted by molar-refractivity contribution is 0.131. The Morgan fingerprint density at radius 1 is 1.33 bits per heavy atom. The molecule has 0 aliphatic carbocycles. The monoisotopic (exact) mass is 275 g/mol. The van der Waals surface area contributed by atoms with Crippen molar-refractivity contribution in [2.75, 3.05) is 0 Å². The van der Waals surface area contributed by atoms with Crippen LogP contribution in [0.4, 0.5) is 0 Å². The Kier molecular flexibility index (Phi) is 2.99. The van der Waals surface area contributed by atoms with Crippen molar-refractivity contribution >= 4 is 22.6 Å². The van der Waals surface area contributed by atoms with Crippen molar-refractivity contribution in [3.05, 3.63) is 27.8 Å². The van der Waals surface area contributed by atoms with Crippen LogP contribution < -0.4 is 4.74 Å². The predicted octanol–water partition coefficient (Wildman–Crippen LogP) is 3.27. The summed E-state index contributed by atoms with van der Waals surface area (Å²) in [6.45, 7) is 6.10. The summed E-state index contributed by atoms with van der Waals surface area (Å²) in [5, 5.41) is 0. The van der Waals surface area contributed by atoms with E-state index in [-0.39, 0.29) is 5.60 Å². The van der Waals surface area contributed by atoms with Crippen LogP contribution in [0.2, 0.25) is 0 Å². The summed E-state index contributed by atoms with van der Waals surface area (Å²) in [5.74, 6) is 0.884. The quantitative estimate of drug-likeness (QED) is 0.715. The maximum atomic E-state index is 5.65. The number of halogens is 1. The molecule has 0 atom stereocenters. The number of rotatable bonds is 1. The average Bonchev–Trinajstić information content (AvgIpc) is 1.82. The molecule has 0 saturated heterocycles. The molecule has 1 rings (SSSR count). The second-order valence-corrected chi connectivity index (χ2v) is 4.85. The highest BCUT2D eigenvalue weighted by atomic mass is 127. The van der Waals surface area contributed by atoms with E-state index in [1.165, 1.54) is 0 Å². The molecule has 0 unspecified atom stereocenters. The molecule has 0 aliphatic rings. The zero-order chi connectivity index (χ0) is 9.19. The number of benzene rings is 1. The van der Waals surface area contributed by atoms with E-state index in [4.69, 9.17) is 4.74 Å². The SMILES string of the molecule is CC(C)(C)Oc1c[c]cc(I)c1. The predicted molar refractivity (Wildman–Crippen MR) is 58.4 cm³/mol. The molecule has 0 fully saturated rings. The van der Waals surface area contributed by atoms with E-state index in [1.54, 1.807) is 0 Å². The van der Waals surface area contributed by atoms with Gasteiger partial charge in [0, 0.05) is 3.57 Å². The summed E-state index contributed by atoms with van der Waals surface area (Å²) in [5.41, 5.74) is -0.127. The van der Waals surface area contributed by atoms with Crippen molar-refractivity contribution in [3.8, 4) is 5.75 Å². The molecule has 2 heteroatoms. The van der Waals surface area contributed by atoms with Crippen molar-refractivity contribution in [2.24, 2.45) is 0 Å². The van der Waals surface area contributed by atoms with Gasteiger partial charge in [-0.1, -0.05) is 0 Å². The largest absolute Gasteiger partial charge is 0.488 e. The number of hydrogen-bond acceptors (Lipinski definition) is 1. The molecule has 1 aromatic rings. The highest BCUT2D eigenvalue weighted by molar-refractivity contribution is 14.1. The summed E-state index contributed by atoms with van der Waals surface area (Å²) < 4.78 is 6.79. The van der Waals surface area contributed by atoms with Gasteiger partial charge in [-0.25, -0.2) is 0 Å². The van der Waals surface area contributed by atoms with E-state index >= 15 is 0 Å². The molecular formula is C10H12IO. The van der Waals surface area contributed by atoms with Crippen LogP contribution in [-0.4, -0.2) is 5.60 Å². The Balaban J connectivity index is 2.77. The third-order valence-electron chi connectivity index (χ3n) is 1.15. The van der Waals surface area contributed by atoms with Crippen LogP contribution in [0.25, 0.3) is 0 Å². The lowest BCUT2D eigenvalue weighted by Crippen LogP contribution is -2.22.